The summed E-state index contributed by atoms with van der Waals surface area (Å²) in [6, 6.07) is 3.69. The summed E-state index contributed by atoms with van der Waals surface area (Å²) in [7, 11) is -4.04. The largest absolute Gasteiger partial charge is 0.461 e. The Bertz CT molecular complexity index is 1420. The Morgan fingerprint density at radius 2 is 1.59 bits per heavy atom. The summed E-state index contributed by atoms with van der Waals surface area (Å²) in [5.74, 6) is -6.29. The summed E-state index contributed by atoms with van der Waals surface area (Å²) in [6.45, 7) is 6.48. The number of anilines is 1. The molecule has 0 aromatic heterocycles. The van der Waals surface area contributed by atoms with Gasteiger partial charge in [0.25, 0.3) is 5.91 Å². The Labute approximate surface area is 240 Å². The maximum atomic E-state index is 13.5. The molecule has 0 unspecified atom stereocenters. The highest BCUT2D eigenvalue weighted by molar-refractivity contribution is 7.92. The van der Waals surface area contributed by atoms with E-state index in [0.29, 0.717) is 12.1 Å². The van der Waals surface area contributed by atoms with E-state index < -0.39 is 68.3 Å². The third-order valence-electron chi connectivity index (χ3n) is 6.17. The van der Waals surface area contributed by atoms with Crippen LogP contribution in [0.5, 0.6) is 0 Å². The molecule has 2 amide bonds. The second-order valence-electron chi connectivity index (χ2n) is 10.6. The Balaban J connectivity index is 1.63. The number of carbonyl (C=O) groups excluding carboxylic acids is 3. The highest BCUT2D eigenvalue weighted by Crippen LogP contribution is 2.34. The molecule has 1 saturated carbocycles. The van der Waals surface area contributed by atoms with Crippen molar-refractivity contribution in [3.05, 3.63) is 58.4 Å². The summed E-state index contributed by atoms with van der Waals surface area (Å²) in [5, 5.41) is 3.57. The molecule has 2 N–H and O–H groups in total. The van der Waals surface area contributed by atoms with Gasteiger partial charge in [0.1, 0.15) is 17.7 Å². The zero-order valence-electron chi connectivity index (χ0n) is 22.7. The van der Waals surface area contributed by atoms with Crippen LogP contribution in [-0.4, -0.2) is 49.4 Å². The van der Waals surface area contributed by atoms with Gasteiger partial charge in [-0.15, -0.1) is 0 Å². The molecule has 0 bridgehead atoms. The average Bonchev–Trinajstić information content (AvgIpc) is 2.86. The third-order valence-corrected chi connectivity index (χ3v) is 8.91. The first kappa shape index (κ1) is 32.2. The second-order valence-corrected chi connectivity index (χ2v) is 13.2. The van der Waals surface area contributed by atoms with Gasteiger partial charge in [-0.05, 0) is 71.6 Å². The van der Waals surface area contributed by atoms with E-state index in [1.54, 1.807) is 20.8 Å². The first-order chi connectivity index (χ1) is 19.0. The lowest BCUT2D eigenvalue weighted by Crippen LogP contribution is -2.44. The minimum Gasteiger partial charge on any atom is -0.461 e. The molecule has 1 aliphatic rings. The molecule has 1 fully saturated rings. The van der Waals surface area contributed by atoms with E-state index >= 15 is 0 Å². The molecule has 1 atom stereocenters. The van der Waals surface area contributed by atoms with Crippen molar-refractivity contribution in [2.75, 3.05) is 5.32 Å². The van der Waals surface area contributed by atoms with Crippen LogP contribution in [0.1, 0.15) is 63.7 Å². The van der Waals surface area contributed by atoms with Crippen molar-refractivity contribution in [2.45, 2.75) is 81.3 Å². The molecule has 3 rings (SSSR count). The van der Waals surface area contributed by atoms with Crippen LogP contribution < -0.4 is 10.6 Å². The van der Waals surface area contributed by atoms with E-state index in [2.05, 4.69) is 10.6 Å². The van der Waals surface area contributed by atoms with E-state index in [1.165, 1.54) is 19.1 Å². The van der Waals surface area contributed by atoms with Crippen molar-refractivity contribution >= 4 is 45.1 Å². The molecule has 224 valence electrons. The maximum absolute atomic E-state index is 13.5. The van der Waals surface area contributed by atoms with E-state index in [4.69, 9.17) is 21.1 Å². The Morgan fingerprint density at radius 1 is 1.00 bits per heavy atom. The van der Waals surface area contributed by atoms with Crippen molar-refractivity contribution < 1.29 is 45.4 Å². The van der Waals surface area contributed by atoms with Gasteiger partial charge in [0.2, 0.25) is 0 Å². The zero-order chi connectivity index (χ0) is 30.7. The number of alkyl carbamates (subject to hydrolysis) is 1. The maximum Gasteiger partial charge on any atom is 0.408 e. The smallest absolute Gasteiger partial charge is 0.408 e. The van der Waals surface area contributed by atoms with Gasteiger partial charge >= 0.3 is 12.1 Å². The third kappa shape index (κ3) is 8.35. The van der Waals surface area contributed by atoms with Crippen LogP contribution in [0.15, 0.2) is 35.2 Å². The zero-order valence-corrected chi connectivity index (χ0v) is 24.3. The van der Waals surface area contributed by atoms with Crippen molar-refractivity contribution in [1.29, 1.82) is 0 Å². The van der Waals surface area contributed by atoms with Gasteiger partial charge in [-0.1, -0.05) is 11.6 Å². The number of carbonyl (C=O) groups is 3. The molecule has 14 heteroatoms. The number of sulfone groups is 1. The fourth-order valence-corrected chi connectivity index (χ4v) is 6.47. The van der Waals surface area contributed by atoms with Crippen LogP contribution in [0.3, 0.4) is 0 Å². The van der Waals surface area contributed by atoms with Gasteiger partial charge in [-0.25, -0.2) is 31.2 Å². The van der Waals surface area contributed by atoms with Gasteiger partial charge in [0, 0.05) is 23.4 Å². The molecule has 0 aliphatic heterocycles. The van der Waals surface area contributed by atoms with E-state index in [9.17, 15) is 36.0 Å². The summed E-state index contributed by atoms with van der Waals surface area (Å²) >= 11 is 6.17. The quantitative estimate of drug-likeness (QED) is 0.308. The summed E-state index contributed by atoms with van der Waals surface area (Å²) in [5.41, 5.74) is -1.27. The average molecular weight is 619 g/mol. The molecular weight excluding hydrogens is 589 g/mol. The molecule has 0 heterocycles. The Kier molecular flexibility index (Phi) is 9.96. The first-order valence-corrected chi connectivity index (χ1v) is 14.6. The van der Waals surface area contributed by atoms with Crippen molar-refractivity contribution in [3.63, 3.8) is 0 Å². The Hall–Kier alpha value is -3.32. The SMILES string of the molecule is C[C@H](NC(=O)OC(C)(C)C)C(=O)O[C@H]1CC[C@H](S(=O)(=O)c2cc(C(=O)Nc3cc(F)c(F)c(F)c3)ccc2Cl)CC1. The summed E-state index contributed by atoms with van der Waals surface area (Å²) in [6.07, 6.45) is -0.616. The minimum absolute atomic E-state index is 0.129. The number of benzene rings is 2. The molecule has 41 heavy (non-hydrogen) atoms. The molecule has 2 aromatic rings. The van der Waals surface area contributed by atoms with Gasteiger partial charge < -0.3 is 20.1 Å². The van der Waals surface area contributed by atoms with Gasteiger partial charge in [-0.2, -0.15) is 0 Å². The highest BCUT2D eigenvalue weighted by atomic mass is 35.5. The summed E-state index contributed by atoms with van der Waals surface area (Å²) < 4.78 is 77.6. The first-order valence-electron chi connectivity index (χ1n) is 12.7. The van der Waals surface area contributed by atoms with Crippen molar-refractivity contribution in [3.8, 4) is 0 Å². The fraction of sp³-hybridized carbons (Fsp3) is 0.444. The van der Waals surface area contributed by atoms with Gasteiger partial charge in [-0.3, -0.25) is 4.79 Å². The molecule has 0 radical (unpaired) electrons. The lowest BCUT2D eigenvalue weighted by atomic mass is 9.97. The predicted molar refractivity (Wildman–Crippen MR) is 144 cm³/mol. The van der Waals surface area contributed by atoms with Crippen LogP contribution in [0.25, 0.3) is 0 Å². The lowest BCUT2D eigenvalue weighted by Gasteiger charge is -2.29. The van der Waals surface area contributed by atoms with Gasteiger partial charge in [0.15, 0.2) is 27.3 Å². The van der Waals surface area contributed by atoms with Crippen molar-refractivity contribution in [1.82, 2.24) is 5.32 Å². The number of nitrogens with one attached hydrogen (secondary N) is 2. The van der Waals surface area contributed by atoms with Crippen molar-refractivity contribution in [2.24, 2.45) is 0 Å². The highest BCUT2D eigenvalue weighted by Gasteiger charge is 2.35. The van der Waals surface area contributed by atoms with Crippen LogP contribution in [-0.2, 0) is 24.1 Å². The minimum atomic E-state index is -4.04. The lowest BCUT2D eigenvalue weighted by molar-refractivity contribution is -0.152. The number of rotatable bonds is 7. The van der Waals surface area contributed by atoms with E-state index in [1.807, 2.05) is 0 Å². The number of hydrogen-bond donors (Lipinski definition) is 2. The Morgan fingerprint density at radius 3 is 2.15 bits per heavy atom. The number of halogens is 4. The second kappa shape index (κ2) is 12.7. The molecule has 2 aromatic carbocycles. The molecule has 1 aliphatic carbocycles. The number of hydrogen-bond acceptors (Lipinski definition) is 7. The normalized spacial score (nSPS) is 18.2. The van der Waals surface area contributed by atoms with Crippen LogP contribution in [0.4, 0.5) is 23.7 Å². The van der Waals surface area contributed by atoms with E-state index in [-0.39, 0.29) is 46.9 Å². The topological polar surface area (TPSA) is 128 Å². The van der Waals surface area contributed by atoms with Crippen LogP contribution in [0, 0.1) is 17.5 Å². The standard InChI is InChI=1S/C27H30ClF3N2O7S/c1-14(32-26(36)40-27(2,3)4)25(35)39-17-6-8-18(9-7-17)41(37,38)22-11-15(5-10-19(22)28)24(34)33-16-12-20(29)23(31)21(30)13-16/h5,10-14,17-18H,6-9H2,1-4H3,(H,32,36)(H,33,34)/t14-,17-,18-/m0/s1. The predicted octanol–water partition coefficient (Wildman–Crippen LogP) is 5.55. The van der Waals surface area contributed by atoms with Gasteiger partial charge in [0.05, 0.1) is 15.2 Å². The molecular formula is C27H30ClF3N2O7S. The monoisotopic (exact) mass is 618 g/mol. The number of ether oxygens (including phenoxy) is 2. The number of esters is 1. The number of amides is 2. The molecule has 9 nitrogen and oxygen atoms in total. The van der Waals surface area contributed by atoms with E-state index in [0.717, 1.165) is 6.07 Å². The molecule has 0 spiro atoms. The molecule has 0 saturated heterocycles. The summed E-state index contributed by atoms with van der Waals surface area (Å²) in [4.78, 5) is 36.7. The van der Waals surface area contributed by atoms with Crippen LogP contribution >= 0.6 is 11.6 Å². The van der Waals surface area contributed by atoms with Crippen LogP contribution in [0.2, 0.25) is 5.02 Å². The fourth-order valence-electron chi connectivity index (χ4n) is 4.14.